The molecular weight excluding hydrogens is 350 g/mol. The van der Waals surface area contributed by atoms with Gasteiger partial charge in [0.15, 0.2) is 0 Å². The largest absolute Gasteiger partial charge is 0.441 e. The van der Waals surface area contributed by atoms with Crippen molar-refractivity contribution >= 4 is 23.3 Å². The molecule has 2 fully saturated rings. The molecule has 2 aliphatic rings. The SMILES string of the molecule is CCC[C@H](C)N1CC2(CCN(C(=O)c3csc(C(C)C)n3)CC2)OC1=O. The van der Waals surface area contributed by atoms with Crippen LogP contribution in [0.15, 0.2) is 5.38 Å². The lowest BCUT2D eigenvalue weighted by molar-refractivity contribution is 0.00291. The summed E-state index contributed by atoms with van der Waals surface area (Å²) in [6.07, 6.45) is 3.22. The predicted molar refractivity (Wildman–Crippen MR) is 102 cm³/mol. The second-order valence-corrected chi connectivity index (χ2v) is 8.72. The first kappa shape index (κ1) is 19.1. The van der Waals surface area contributed by atoms with E-state index in [2.05, 4.69) is 32.7 Å². The van der Waals surface area contributed by atoms with Crippen molar-refractivity contribution in [2.24, 2.45) is 0 Å². The Hall–Kier alpha value is -1.63. The maximum Gasteiger partial charge on any atom is 0.410 e. The van der Waals surface area contributed by atoms with Gasteiger partial charge in [0.2, 0.25) is 0 Å². The number of ether oxygens (including phenoxy) is 1. The van der Waals surface area contributed by atoms with Gasteiger partial charge in [0.05, 0.1) is 11.6 Å². The molecule has 0 radical (unpaired) electrons. The third-order valence-electron chi connectivity index (χ3n) is 5.43. The second kappa shape index (κ2) is 7.55. The Morgan fingerprint density at radius 3 is 2.62 bits per heavy atom. The van der Waals surface area contributed by atoms with Gasteiger partial charge in [-0.1, -0.05) is 27.2 Å². The molecule has 1 aromatic heterocycles. The van der Waals surface area contributed by atoms with Gasteiger partial charge in [-0.2, -0.15) is 0 Å². The van der Waals surface area contributed by atoms with E-state index in [4.69, 9.17) is 4.74 Å². The van der Waals surface area contributed by atoms with E-state index in [1.165, 1.54) is 0 Å². The van der Waals surface area contributed by atoms with Crippen molar-refractivity contribution in [3.63, 3.8) is 0 Å². The predicted octanol–water partition coefficient (Wildman–Crippen LogP) is 3.88. The molecule has 6 nitrogen and oxygen atoms in total. The van der Waals surface area contributed by atoms with Gasteiger partial charge in [-0.3, -0.25) is 4.79 Å². The number of nitrogens with zero attached hydrogens (tertiary/aromatic N) is 3. The summed E-state index contributed by atoms with van der Waals surface area (Å²) < 4.78 is 5.77. The van der Waals surface area contributed by atoms with Crippen LogP contribution in [0.2, 0.25) is 0 Å². The van der Waals surface area contributed by atoms with Gasteiger partial charge < -0.3 is 14.5 Å². The lowest BCUT2D eigenvalue weighted by Crippen LogP contribution is -2.49. The van der Waals surface area contributed by atoms with Crippen molar-refractivity contribution in [2.45, 2.75) is 70.9 Å². The standard InChI is InChI=1S/C19H29N3O3S/c1-5-6-14(4)22-12-19(25-18(22)24)7-9-21(10-8-19)17(23)15-11-26-16(20-15)13(2)3/h11,13-14H,5-10,12H2,1-4H3/t14-/m0/s1. The van der Waals surface area contributed by atoms with Crippen LogP contribution < -0.4 is 0 Å². The summed E-state index contributed by atoms with van der Waals surface area (Å²) >= 11 is 1.54. The van der Waals surface area contributed by atoms with Crippen molar-refractivity contribution < 1.29 is 14.3 Å². The number of likely N-dealkylation sites (tertiary alicyclic amines) is 1. The highest BCUT2D eigenvalue weighted by Gasteiger charge is 2.48. The normalized spacial score (nSPS) is 20.7. The fourth-order valence-corrected chi connectivity index (χ4v) is 4.56. The fraction of sp³-hybridized carbons (Fsp3) is 0.737. The van der Waals surface area contributed by atoms with Crippen LogP contribution >= 0.6 is 11.3 Å². The monoisotopic (exact) mass is 379 g/mol. The molecular formula is C19H29N3O3S. The summed E-state index contributed by atoms with van der Waals surface area (Å²) in [5.74, 6) is 0.323. The number of carbonyl (C=O) groups is 2. The molecule has 26 heavy (non-hydrogen) atoms. The maximum absolute atomic E-state index is 12.7. The first-order valence-electron chi connectivity index (χ1n) is 9.59. The van der Waals surface area contributed by atoms with E-state index in [9.17, 15) is 9.59 Å². The van der Waals surface area contributed by atoms with E-state index >= 15 is 0 Å². The van der Waals surface area contributed by atoms with E-state index in [0.717, 1.165) is 17.8 Å². The van der Waals surface area contributed by atoms with Gasteiger partial charge in [0, 0.05) is 43.3 Å². The summed E-state index contributed by atoms with van der Waals surface area (Å²) in [5, 5.41) is 2.85. The minimum absolute atomic E-state index is 0.0106. The summed E-state index contributed by atoms with van der Waals surface area (Å²) in [6.45, 7) is 10.2. The Morgan fingerprint density at radius 2 is 2.04 bits per heavy atom. The van der Waals surface area contributed by atoms with Crippen molar-refractivity contribution in [3.8, 4) is 0 Å². The molecule has 1 spiro atoms. The molecule has 7 heteroatoms. The van der Waals surface area contributed by atoms with E-state index in [1.54, 1.807) is 11.3 Å². The lowest BCUT2D eigenvalue weighted by Gasteiger charge is -2.37. The quantitative estimate of drug-likeness (QED) is 0.779. The molecule has 2 saturated heterocycles. The number of rotatable bonds is 5. The smallest absolute Gasteiger partial charge is 0.410 e. The van der Waals surface area contributed by atoms with Crippen molar-refractivity contribution in [2.75, 3.05) is 19.6 Å². The number of piperidine rings is 1. The number of hydrogen-bond donors (Lipinski definition) is 0. The van der Waals surface area contributed by atoms with Crippen LogP contribution in [-0.2, 0) is 4.74 Å². The van der Waals surface area contributed by atoms with Crippen molar-refractivity contribution in [3.05, 3.63) is 16.1 Å². The molecule has 3 rings (SSSR count). The minimum Gasteiger partial charge on any atom is -0.441 e. The molecule has 2 amide bonds. The van der Waals surface area contributed by atoms with Crippen LogP contribution in [0.5, 0.6) is 0 Å². The first-order valence-corrected chi connectivity index (χ1v) is 10.5. The van der Waals surface area contributed by atoms with Gasteiger partial charge in [-0.05, 0) is 13.3 Å². The van der Waals surface area contributed by atoms with E-state index in [-0.39, 0.29) is 18.0 Å². The van der Waals surface area contributed by atoms with E-state index in [0.29, 0.717) is 44.1 Å². The molecule has 144 valence electrons. The molecule has 0 saturated carbocycles. The average molecular weight is 380 g/mol. The number of carbonyl (C=O) groups excluding carboxylic acids is 2. The summed E-state index contributed by atoms with van der Waals surface area (Å²) in [5.41, 5.74) is 0.109. The van der Waals surface area contributed by atoms with Crippen LogP contribution in [0.4, 0.5) is 4.79 Å². The highest BCUT2D eigenvalue weighted by atomic mass is 32.1. The highest BCUT2D eigenvalue weighted by molar-refractivity contribution is 7.09. The Morgan fingerprint density at radius 1 is 1.35 bits per heavy atom. The summed E-state index contributed by atoms with van der Waals surface area (Å²) in [6, 6.07) is 0.205. The second-order valence-electron chi connectivity index (χ2n) is 7.83. The number of hydrogen-bond acceptors (Lipinski definition) is 5. The van der Waals surface area contributed by atoms with Crippen LogP contribution in [0, 0.1) is 0 Å². The number of amides is 2. The number of thiazole rings is 1. The zero-order chi connectivity index (χ0) is 18.9. The maximum atomic E-state index is 12.7. The van der Waals surface area contributed by atoms with Crippen molar-refractivity contribution in [1.29, 1.82) is 0 Å². The highest BCUT2D eigenvalue weighted by Crippen LogP contribution is 2.35. The molecule has 2 aliphatic heterocycles. The van der Waals surface area contributed by atoms with Gasteiger partial charge in [-0.25, -0.2) is 9.78 Å². The van der Waals surface area contributed by atoms with Gasteiger partial charge in [0.25, 0.3) is 5.91 Å². The van der Waals surface area contributed by atoms with Crippen LogP contribution in [0.25, 0.3) is 0 Å². The Balaban J connectivity index is 1.60. The molecule has 0 N–H and O–H groups in total. The summed E-state index contributed by atoms with van der Waals surface area (Å²) in [7, 11) is 0. The van der Waals surface area contributed by atoms with Gasteiger partial charge >= 0.3 is 6.09 Å². The van der Waals surface area contributed by atoms with Crippen LogP contribution in [0.1, 0.15) is 74.8 Å². The zero-order valence-electron chi connectivity index (χ0n) is 16.2. The van der Waals surface area contributed by atoms with Gasteiger partial charge in [-0.15, -0.1) is 11.3 Å². The third kappa shape index (κ3) is 3.72. The Bertz CT molecular complexity index is 665. The van der Waals surface area contributed by atoms with Crippen LogP contribution in [-0.4, -0.2) is 58.1 Å². The molecule has 0 aromatic carbocycles. The molecule has 0 unspecified atom stereocenters. The Labute approximate surface area is 159 Å². The van der Waals surface area contributed by atoms with Gasteiger partial charge in [0.1, 0.15) is 11.3 Å². The average Bonchev–Trinajstić information content (AvgIpc) is 3.21. The van der Waals surface area contributed by atoms with Crippen LogP contribution in [0.3, 0.4) is 0 Å². The van der Waals surface area contributed by atoms with E-state index in [1.807, 2.05) is 15.2 Å². The Kier molecular flexibility index (Phi) is 5.55. The first-order chi connectivity index (χ1) is 12.3. The lowest BCUT2D eigenvalue weighted by atomic mass is 9.91. The third-order valence-corrected chi connectivity index (χ3v) is 6.58. The number of aromatic nitrogens is 1. The molecule has 1 atom stereocenters. The molecule has 3 heterocycles. The minimum atomic E-state index is -0.430. The summed E-state index contributed by atoms with van der Waals surface area (Å²) in [4.78, 5) is 33.2. The molecule has 0 bridgehead atoms. The molecule has 1 aromatic rings. The zero-order valence-corrected chi connectivity index (χ0v) is 17.0. The fourth-order valence-electron chi connectivity index (χ4n) is 3.75. The topological polar surface area (TPSA) is 62.7 Å². The van der Waals surface area contributed by atoms with E-state index < -0.39 is 5.60 Å². The molecule has 0 aliphatic carbocycles. The van der Waals surface area contributed by atoms with Crippen molar-refractivity contribution in [1.82, 2.24) is 14.8 Å².